The number of oxime groups is 1. The molecule has 0 aliphatic heterocycles. The van der Waals surface area contributed by atoms with Crippen LogP contribution in [0.3, 0.4) is 0 Å². The molecule has 1 amide bonds. The van der Waals surface area contributed by atoms with Crippen LogP contribution in [0.25, 0.3) is 6.08 Å². The van der Waals surface area contributed by atoms with Crippen molar-refractivity contribution >= 4 is 26.7 Å². The van der Waals surface area contributed by atoms with Crippen LogP contribution in [0.4, 0.5) is 4.79 Å². The summed E-state index contributed by atoms with van der Waals surface area (Å²) < 4.78 is 11.3. The molecule has 0 radical (unpaired) electrons. The summed E-state index contributed by atoms with van der Waals surface area (Å²) in [5.41, 5.74) is 2.03. The van der Waals surface area contributed by atoms with Crippen LogP contribution < -0.4 is 0 Å². The highest BCUT2D eigenvalue weighted by molar-refractivity contribution is 6.74. The Bertz CT molecular complexity index is 859. The molecule has 0 unspecified atom stereocenters. The summed E-state index contributed by atoms with van der Waals surface area (Å²) in [5.74, 6) is 0. The van der Waals surface area contributed by atoms with Crippen molar-refractivity contribution in [3.05, 3.63) is 77.9 Å². The zero-order chi connectivity index (χ0) is 22.7. The number of carbonyl (C=O) groups excluding carboxylic acids is 1. The summed E-state index contributed by atoms with van der Waals surface area (Å²) in [7, 11) is -1.98. The monoisotopic (exact) mass is 438 g/mol. The van der Waals surface area contributed by atoms with Gasteiger partial charge in [0.05, 0.1) is 12.8 Å². The van der Waals surface area contributed by atoms with Gasteiger partial charge < -0.3 is 9.26 Å². The Hall–Kier alpha value is -2.86. The second-order valence-electron chi connectivity index (χ2n) is 8.90. The SMILES string of the molecule is CC(C)(C)[Si](C)(C)O/N=C/CN(C/C=C/c1ccccc1)C(=O)OCc1ccccc1. The van der Waals surface area contributed by atoms with Crippen molar-refractivity contribution in [2.75, 3.05) is 13.1 Å². The van der Waals surface area contributed by atoms with Gasteiger partial charge in [-0.3, -0.25) is 4.90 Å². The molecule has 0 fully saturated rings. The van der Waals surface area contributed by atoms with Crippen LogP contribution in [0.15, 0.2) is 71.9 Å². The standard InChI is InChI=1S/C25H34N2O3Si/c1-25(2,3)31(4,5)30-26-18-20-27(19-12-17-22-13-8-6-9-14-22)24(28)29-21-23-15-10-7-11-16-23/h6-18H,19-21H2,1-5H3/b17-12+,26-18+. The maximum atomic E-state index is 12.7. The molecule has 2 rings (SSSR count). The molecule has 2 aromatic rings. The Morgan fingerprint density at radius 3 is 2.23 bits per heavy atom. The highest BCUT2D eigenvalue weighted by Crippen LogP contribution is 2.36. The molecule has 31 heavy (non-hydrogen) atoms. The molecular weight excluding hydrogens is 404 g/mol. The Balaban J connectivity index is 1.99. The Kier molecular flexibility index (Phi) is 9.06. The van der Waals surface area contributed by atoms with Gasteiger partial charge in [0.15, 0.2) is 0 Å². The van der Waals surface area contributed by atoms with Gasteiger partial charge in [0.1, 0.15) is 6.61 Å². The van der Waals surface area contributed by atoms with E-state index in [0.29, 0.717) is 13.1 Å². The van der Waals surface area contributed by atoms with E-state index in [2.05, 4.69) is 39.0 Å². The lowest BCUT2D eigenvalue weighted by Crippen LogP contribution is -2.39. The van der Waals surface area contributed by atoms with Crippen LogP contribution in [0.5, 0.6) is 0 Å². The second kappa shape index (κ2) is 11.5. The second-order valence-corrected chi connectivity index (χ2v) is 13.6. The molecule has 0 spiro atoms. The lowest BCUT2D eigenvalue weighted by molar-refractivity contribution is 0.105. The number of hydrogen-bond donors (Lipinski definition) is 0. The number of rotatable bonds is 9. The van der Waals surface area contributed by atoms with Gasteiger partial charge in [-0.05, 0) is 29.3 Å². The van der Waals surface area contributed by atoms with Crippen LogP contribution in [-0.2, 0) is 15.9 Å². The van der Waals surface area contributed by atoms with Gasteiger partial charge in [-0.2, -0.15) is 0 Å². The molecule has 0 aromatic heterocycles. The lowest BCUT2D eigenvalue weighted by atomic mass is 10.2. The molecule has 0 heterocycles. The normalized spacial score (nSPS) is 12.3. The molecule has 166 valence electrons. The third-order valence-electron chi connectivity index (χ3n) is 5.36. The van der Waals surface area contributed by atoms with E-state index in [1.165, 1.54) is 0 Å². The minimum Gasteiger partial charge on any atom is -0.455 e. The number of nitrogens with zero attached hydrogens (tertiary/aromatic N) is 2. The number of amides is 1. The van der Waals surface area contributed by atoms with Gasteiger partial charge in [0, 0.05) is 6.54 Å². The quantitative estimate of drug-likeness (QED) is 0.260. The highest BCUT2D eigenvalue weighted by atomic mass is 28.4. The maximum absolute atomic E-state index is 12.7. The fourth-order valence-corrected chi connectivity index (χ4v) is 2.96. The molecule has 2 aromatic carbocycles. The molecule has 6 heteroatoms. The van der Waals surface area contributed by atoms with Gasteiger partial charge in [-0.25, -0.2) is 4.79 Å². The summed E-state index contributed by atoms with van der Waals surface area (Å²) in [4.78, 5) is 14.3. The first-order valence-electron chi connectivity index (χ1n) is 10.6. The fourth-order valence-electron chi connectivity index (χ4n) is 2.35. The third kappa shape index (κ3) is 8.42. The predicted octanol–water partition coefficient (Wildman–Crippen LogP) is 6.35. The summed E-state index contributed by atoms with van der Waals surface area (Å²) in [6.07, 6.45) is 5.18. The number of carbonyl (C=O) groups is 1. The Labute approximate surface area is 187 Å². The average Bonchev–Trinajstić information content (AvgIpc) is 2.74. The van der Waals surface area contributed by atoms with Crippen LogP contribution in [0.2, 0.25) is 18.1 Å². The van der Waals surface area contributed by atoms with Crippen molar-refractivity contribution < 1.29 is 14.1 Å². The van der Waals surface area contributed by atoms with E-state index in [1.54, 1.807) is 11.1 Å². The molecular formula is C25H34N2O3Si. The first-order chi connectivity index (χ1) is 14.7. The van der Waals surface area contributed by atoms with E-state index in [1.807, 2.05) is 72.8 Å². The zero-order valence-electron chi connectivity index (χ0n) is 19.2. The number of ether oxygens (including phenoxy) is 1. The highest BCUT2D eigenvalue weighted by Gasteiger charge is 2.39. The van der Waals surface area contributed by atoms with Crippen LogP contribution >= 0.6 is 0 Å². The molecule has 0 bridgehead atoms. The topological polar surface area (TPSA) is 51.1 Å². The maximum Gasteiger partial charge on any atom is 0.410 e. The van der Waals surface area contributed by atoms with Crippen molar-refractivity contribution in [3.63, 3.8) is 0 Å². The molecule has 0 aliphatic rings. The van der Waals surface area contributed by atoms with Crippen LogP contribution in [-0.4, -0.2) is 38.6 Å². The largest absolute Gasteiger partial charge is 0.455 e. The summed E-state index contributed by atoms with van der Waals surface area (Å²) in [5, 5.41) is 4.25. The van der Waals surface area contributed by atoms with Crippen molar-refractivity contribution in [2.45, 2.75) is 45.5 Å². The van der Waals surface area contributed by atoms with Gasteiger partial charge in [0.25, 0.3) is 8.32 Å². The predicted molar refractivity (Wildman–Crippen MR) is 130 cm³/mol. The van der Waals surface area contributed by atoms with Crippen molar-refractivity contribution in [2.24, 2.45) is 5.16 Å². The van der Waals surface area contributed by atoms with Gasteiger partial charge in [0.2, 0.25) is 0 Å². The molecule has 0 saturated heterocycles. The van der Waals surface area contributed by atoms with Gasteiger partial charge in [-0.15, -0.1) is 5.16 Å². The van der Waals surface area contributed by atoms with Crippen LogP contribution in [0, 0.1) is 0 Å². The summed E-state index contributed by atoms with van der Waals surface area (Å²) in [6, 6.07) is 19.6. The third-order valence-corrected chi connectivity index (χ3v) is 9.54. The molecule has 0 atom stereocenters. The molecule has 0 saturated carbocycles. The van der Waals surface area contributed by atoms with Crippen molar-refractivity contribution in [1.29, 1.82) is 0 Å². The van der Waals surface area contributed by atoms with Gasteiger partial charge >= 0.3 is 6.09 Å². The number of hydrogen-bond acceptors (Lipinski definition) is 4. The minimum atomic E-state index is -1.98. The number of benzene rings is 2. The van der Waals surface area contributed by atoms with E-state index in [9.17, 15) is 4.79 Å². The summed E-state index contributed by atoms with van der Waals surface area (Å²) >= 11 is 0. The van der Waals surface area contributed by atoms with Crippen LogP contribution in [0.1, 0.15) is 31.9 Å². The fraction of sp³-hybridized carbons (Fsp3) is 0.360. The molecule has 0 N–H and O–H groups in total. The summed E-state index contributed by atoms with van der Waals surface area (Å²) in [6.45, 7) is 11.7. The van der Waals surface area contributed by atoms with E-state index >= 15 is 0 Å². The zero-order valence-corrected chi connectivity index (χ0v) is 20.2. The average molecular weight is 439 g/mol. The Morgan fingerprint density at radius 2 is 1.61 bits per heavy atom. The van der Waals surface area contributed by atoms with E-state index in [-0.39, 0.29) is 17.7 Å². The first-order valence-corrected chi connectivity index (χ1v) is 13.5. The molecule has 5 nitrogen and oxygen atoms in total. The van der Waals surface area contributed by atoms with Crippen molar-refractivity contribution in [1.82, 2.24) is 4.90 Å². The van der Waals surface area contributed by atoms with E-state index in [0.717, 1.165) is 11.1 Å². The first kappa shape index (κ1) is 24.4. The van der Waals surface area contributed by atoms with Gasteiger partial charge in [-0.1, -0.05) is 93.6 Å². The van der Waals surface area contributed by atoms with Crippen molar-refractivity contribution in [3.8, 4) is 0 Å². The minimum absolute atomic E-state index is 0.0665. The smallest absolute Gasteiger partial charge is 0.410 e. The van der Waals surface area contributed by atoms with E-state index in [4.69, 9.17) is 9.26 Å². The Morgan fingerprint density at radius 1 is 1.00 bits per heavy atom. The lowest BCUT2D eigenvalue weighted by Gasteiger charge is -2.33. The molecule has 0 aliphatic carbocycles. The van der Waals surface area contributed by atoms with E-state index < -0.39 is 8.32 Å².